The van der Waals surface area contributed by atoms with Crippen LogP contribution in [0.25, 0.3) is 0 Å². The molecule has 20 heavy (non-hydrogen) atoms. The summed E-state index contributed by atoms with van der Waals surface area (Å²) in [6.45, 7) is 0. The summed E-state index contributed by atoms with van der Waals surface area (Å²) in [6, 6.07) is 18.4. The third-order valence-corrected chi connectivity index (χ3v) is 4.62. The fourth-order valence-corrected chi connectivity index (χ4v) is 3.64. The molecule has 0 bridgehead atoms. The van der Waals surface area contributed by atoms with Crippen molar-refractivity contribution >= 4 is 17.7 Å². The predicted molar refractivity (Wildman–Crippen MR) is 82.8 cm³/mol. The largest absolute Gasteiger partial charge is 0.349 e. The number of carbonyl (C=O) groups is 1. The number of fused-ring (bicyclic) bond motifs is 1. The average Bonchev–Trinajstić information content (AvgIpc) is 2.48. The van der Waals surface area contributed by atoms with Gasteiger partial charge in [0.15, 0.2) is 0 Å². The van der Waals surface area contributed by atoms with Crippen LogP contribution in [0, 0.1) is 0 Å². The van der Waals surface area contributed by atoms with E-state index in [9.17, 15) is 4.79 Å². The second-order valence-electron chi connectivity index (χ2n) is 4.96. The van der Waals surface area contributed by atoms with Crippen LogP contribution in [-0.2, 0) is 11.2 Å². The first-order valence-electron chi connectivity index (χ1n) is 6.88. The molecule has 1 atom stereocenters. The van der Waals surface area contributed by atoms with Gasteiger partial charge in [-0.15, -0.1) is 11.8 Å². The van der Waals surface area contributed by atoms with Gasteiger partial charge in [-0.25, -0.2) is 0 Å². The van der Waals surface area contributed by atoms with Crippen LogP contribution in [0.15, 0.2) is 59.5 Å². The highest BCUT2D eigenvalue weighted by Gasteiger charge is 2.21. The number of thioether (sulfide) groups is 1. The predicted octanol–water partition coefficient (Wildman–Crippen LogP) is 3.58. The van der Waals surface area contributed by atoms with E-state index in [1.54, 1.807) is 0 Å². The zero-order chi connectivity index (χ0) is 13.8. The number of nitrogens with one attached hydrogen (secondary N) is 1. The fourth-order valence-electron chi connectivity index (χ4n) is 2.52. The SMILES string of the molecule is O=C(Cc1ccccc1)N[C@@H]1CCSc2ccccc21. The van der Waals surface area contributed by atoms with E-state index in [1.807, 2.05) is 48.2 Å². The Morgan fingerprint density at radius 1 is 1.10 bits per heavy atom. The number of rotatable bonds is 3. The number of carbonyl (C=O) groups excluding carboxylic acids is 1. The van der Waals surface area contributed by atoms with Gasteiger partial charge in [-0.05, 0) is 23.6 Å². The van der Waals surface area contributed by atoms with Crippen molar-refractivity contribution < 1.29 is 4.79 Å². The van der Waals surface area contributed by atoms with E-state index in [4.69, 9.17) is 0 Å². The van der Waals surface area contributed by atoms with Crippen LogP contribution in [-0.4, -0.2) is 11.7 Å². The van der Waals surface area contributed by atoms with Crippen molar-refractivity contribution in [2.75, 3.05) is 5.75 Å². The summed E-state index contributed by atoms with van der Waals surface area (Å²) >= 11 is 1.87. The Morgan fingerprint density at radius 2 is 1.85 bits per heavy atom. The third kappa shape index (κ3) is 3.05. The number of amides is 1. The molecule has 3 heteroatoms. The molecule has 0 saturated heterocycles. The van der Waals surface area contributed by atoms with Crippen LogP contribution < -0.4 is 5.32 Å². The minimum atomic E-state index is 0.0999. The van der Waals surface area contributed by atoms with Crippen molar-refractivity contribution in [3.05, 3.63) is 65.7 Å². The van der Waals surface area contributed by atoms with Crippen molar-refractivity contribution in [1.82, 2.24) is 5.32 Å². The van der Waals surface area contributed by atoms with E-state index < -0.39 is 0 Å². The maximum absolute atomic E-state index is 12.2. The molecule has 2 aromatic carbocycles. The quantitative estimate of drug-likeness (QED) is 0.933. The molecule has 3 rings (SSSR count). The van der Waals surface area contributed by atoms with Crippen LogP contribution in [0.3, 0.4) is 0 Å². The van der Waals surface area contributed by atoms with Crippen molar-refractivity contribution in [2.24, 2.45) is 0 Å². The third-order valence-electron chi connectivity index (χ3n) is 3.50. The van der Waals surface area contributed by atoms with Gasteiger partial charge in [0.1, 0.15) is 0 Å². The lowest BCUT2D eigenvalue weighted by molar-refractivity contribution is -0.121. The highest BCUT2D eigenvalue weighted by atomic mass is 32.2. The van der Waals surface area contributed by atoms with Gasteiger partial charge >= 0.3 is 0 Å². The summed E-state index contributed by atoms with van der Waals surface area (Å²) in [4.78, 5) is 13.5. The van der Waals surface area contributed by atoms with E-state index in [0.717, 1.165) is 17.7 Å². The molecule has 0 unspecified atom stereocenters. The van der Waals surface area contributed by atoms with Gasteiger partial charge in [0, 0.05) is 10.6 Å². The molecule has 0 saturated carbocycles. The van der Waals surface area contributed by atoms with E-state index >= 15 is 0 Å². The summed E-state index contributed by atoms with van der Waals surface area (Å²) < 4.78 is 0. The van der Waals surface area contributed by atoms with E-state index in [0.29, 0.717) is 6.42 Å². The summed E-state index contributed by atoms with van der Waals surface area (Å²) in [6.07, 6.45) is 1.45. The lowest BCUT2D eigenvalue weighted by Gasteiger charge is -2.25. The van der Waals surface area contributed by atoms with Crippen molar-refractivity contribution in [1.29, 1.82) is 0 Å². The second kappa shape index (κ2) is 6.14. The lowest BCUT2D eigenvalue weighted by Crippen LogP contribution is -2.31. The zero-order valence-corrected chi connectivity index (χ0v) is 12.0. The molecule has 0 aliphatic carbocycles. The molecule has 0 spiro atoms. The number of benzene rings is 2. The van der Waals surface area contributed by atoms with Crippen molar-refractivity contribution in [3.63, 3.8) is 0 Å². The number of hydrogen-bond acceptors (Lipinski definition) is 2. The van der Waals surface area contributed by atoms with Crippen LogP contribution >= 0.6 is 11.8 Å². The van der Waals surface area contributed by atoms with Crippen LogP contribution in [0.5, 0.6) is 0 Å². The zero-order valence-electron chi connectivity index (χ0n) is 11.2. The Morgan fingerprint density at radius 3 is 2.70 bits per heavy atom. The van der Waals surface area contributed by atoms with Gasteiger partial charge in [-0.2, -0.15) is 0 Å². The molecule has 102 valence electrons. The maximum atomic E-state index is 12.2. The Hall–Kier alpha value is -1.74. The van der Waals surface area contributed by atoms with Gasteiger partial charge in [0.05, 0.1) is 12.5 Å². The van der Waals surface area contributed by atoms with E-state index in [2.05, 4.69) is 23.5 Å². The fraction of sp³-hybridized carbons (Fsp3) is 0.235. The first kappa shape index (κ1) is 13.3. The van der Waals surface area contributed by atoms with Crippen molar-refractivity contribution in [2.45, 2.75) is 23.8 Å². The average molecular weight is 283 g/mol. The molecule has 2 aromatic rings. The van der Waals surface area contributed by atoms with Gasteiger partial charge in [0.2, 0.25) is 5.91 Å². The summed E-state index contributed by atoms with van der Waals surface area (Å²) in [5, 5.41) is 3.17. The van der Waals surface area contributed by atoms with Crippen LogP contribution in [0.2, 0.25) is 0 Å². The minimum Gasteiger partial charge on any atom is -0.349 e. The summed E-state index contributed by atoms with van der Waals surface area (Å²) in [5.74, 6) is 1.16. The molecule has 1 amide bonds. The molecule has 1 aliphatic rings. The summed E-state index contributed by atoms with van der Waals surface area (Å²) in [7, 11) is 0. The lowest BCUT2D eigenvalue weighted by atomic mass is 10.0. The van der Waals surface area contributed by atoms with Gasteiger partial charge in [0.25, 0.3) is 0 Å². The topological polar surface area (TPSA) is 29.1 Å². The molecule has 0 fully saturated rings. The molecule has 0 aromatic heterocycles. The molecule has 0 radical (unpaired) electrons. The highest BCUT2D eigenvalue weighted by molar-refractivity contribution is 7.99. The van der Waals surface area contributed by atoms with Gasteiger partial charge in [-0.3, -0.25) is 4.79 Å². The second-order valence-corrected chi connectivity index (χ2v) is 6.09. The summed E-state index contributed by atoms with van der Waals surface area (Å²) in [5.41, 5.74) is 2.31. The monoisotopic (exact) mass is 283 g/mol. The molecule has 2 nitrogen and oxygen atoms in total. The highest BCUT2D eigenvalue weighted by Crippen LogP contribution is 2.35. The minimum absolute atomic E-state index is 0.0999. The Labute approximate surface area is 123 Å². The Balaban J connectivity index is 1.68. The molecule has 1 N–H and O–H groups in total. The van der Waals surface area contributed by atoms with Crippen LogP contribution in [0.1, 0.15) is 23.6 Å². The standard InChI is InChI=1S/C17H17NOS/c19-17(12-13-6-2-1-3-7-13)18-15-10-11-20-16-9-5-4-8-14(15)16/h1-9,15H,10-12H2,(H,18,19)/t15-/m1/s1. The molecule has 1 aliphatic heterocycles. The smallest absolute Gasteiger partial charge is 0.224 e. The molecular weight excluding hydrogens is 266 g/mol. The van der Waals surface area contributed by atoms with Gasteiger partial charge in [-0.1, -0.05) is 48.5 Å². The van der Waals surface area contributed by atoms with E-state index in [-0.39, 0.29) is 11.9 Å². The molecular formula is C17H17NOS. The first-order valence-corrected chi connectivity index (χ1v) is 7.86. The van der Waals surface area contributed by atoms with Gasteiger partial charge < -0.3 is 5.32 Å². The van der Waals surface area contributed by atoms with Crippen molar-refractivity contribution in [3.8, 4) is 0 Å². The Bertz CT molecular complexity index is 597. The first-order chi connectivity index (χ1) is 9.83. The maximum Gasteiger partial charge on any atom is 0.224 e. The van der Waals surface area contributed by atoms with Crippen LogP contribution in [0.4, 0.5) is 0 Å². The number of hydrogen-bond donors (Lipinski definition) is 1. The normalized spacial score (nSPS) is 17.3. The molecule has 1 heterocycles. The Kier molecular flexibility index (Phi) is 4.07. The van der Waals surface area contributed by atoms with E-state index in [1.165, 1.54) is 10.5 Å².